The molecule has 0 spiro atoms. The van der Waals surface area contributed by atoms with Gasteiger partial charge in [0.05, 0.1) is 5.69 Å². The fourth-order valence-electron chi connectivity index (χ4n) is 5.10. The Morgan fingerprint density at radius 1 is 0.968 bits per heavy atom. The van der Waals surface area contributed by atoms with Crippen LogP contribution < -0.4 is 16.2 Å². The number of fused-ring (bicyclic) bond motifs is 1. The summed E-state index contributed by atoms with van der Waals surface area (Å²) in [5.41, 5.74) is 0.0370. The second-order valence-corrected chi connectivity index (χ2v) is 10.1. The molecule has 3 rings (SSSR count). The van der Waals surface area contributed by atoms with Gasteiger partial charge in [-0.2, -0.15) is 0 Å². The molecule has 1 aromatic rings. The zero-order valence-electron chi connectivity index (χ0n) is 19.4. The predicted molar refractivity (Wildman–Crippen MR) is 137 cm³/mol. The van der Waals surface area contributed by atoms with Gasteiger partial charge in [0.1, 0.15) is 74.6 Å². The Labute approximate surface area is 188 Å². The Morgan fingerprint density at radius 3 is 1.97 bits per heavy atom. The molecule has 1 aromatic carbocycles. The third-order valence-electron chi connectivity index (χ3n) is 7.68. The summed E-state index contributed by atoms with van der Waals surface area (Å²) in [6.07, 6.45) is 0. The van der Waals surface area contributed by atoms with Gasteiger partial charge in [0.2, 0.25) is 19.8 Å². The van der Waals surface area contributed by atoms with E-state index in [-0.39, 0.29) is 38.9 Å². The van der Waals surface area contributed by atoms with Crippen LogP contribution in [0.1, 0.15) is 15.9 Å². The lowest BCUT2D eigenvalue weighted by molar-refractivity contribution is -0.147. The number of nitrogens with zero attached hydrogens (tertiary/aromatic N) is 3. The molecule has 0 bridgehead atoms. The van der Waals surface area contributed by atoms with Crippen LogP contribution in [0.2, 0.25) is 10.4 Å². The maximum absolute atomic E-state index is 14.9. The summed E-state index contributed by atoms with van der Waals surface area (Å²) in [6.45, 7) is 0. The maximum atomic E-state index is 14.9. The number of amides is 3. The summed E-state index contributed by atoms with van der Waals surface area (Å²) in [4.78, 5) is 42.4. The van der Waals surface area contributed by atoms with Gasteiger partial charge in [-0.05, 0) is 16.1 Å². The van der Waals surface area contributed by atoms with Gasteiger partial charge in [-0.1, -0.05) is 5.21 Å². The average Bonchev–Trinajstić information content (AvgIpc) is 2.84. The number of rotatable bonds is 2. The molecule has 0 aromatic heterocycles. The topological polar surface area (TPSA) is 101 Å². The number of halogens is 1. The molecule has 3 amide bonds. The molecule has 2 N–H and O–H groups in total. The molecule has 8 nitrogen and oxygen atoms in total. The van der Waals surface area contributed by atoms with Crippen molar-refractivity contribution in [1.82, 2.24) is 9.71 Å². The molecule has 2 aliphatic rings. The fourth-order valence-corrected chi connectivity index (χ4v) is 5.10. The van der Waals surface area contributed by atoms with Crippen molar-refractivity contribution in [3.8, 4) is 0 Å². The number of hydrogen-bond donors (Lipinski definition) is 2. The molecule has 0 radical (unpaired) electrons. The van der Waals surface area contributed by atoms with Gasteiger partial charge < -0.3 is 9.71 Å². The minimum atomic E-state index is -1.20. The van der Waals surface area contributed by atoms with E-state index in [2.05, 4.69) is 0 Å². The Morgan fingerprint density at radius 2 is 1.48 bits per heavy atom. The summed E-state index contributed by atoms with van der Waals surface area (Å²) in [5, 5.41) is 16.4. The molecule has 1 atom stereocenters. The first-order chi connectivity index (χ1) is 13.9. The van der Waals surface area contributed by atoms with E-state index in [1.807, 2.05) is 0 Å². The molecule has 18 heteroatoms. The third kappa shape index (κ3) is 2.76. The average molecular weight is 416 g/mol. The molecular weight excluding hydrogens is 394 g/mol. The number of piperidine rings is 1. The van der Waals surface area contributed by atoms with E-state index in [0.29, 0.717) is 0 Å². The van der Waals surface area contributed by atoms with E-state index in [0.717, 1.165) is 4.81 Å². The van der Waals surface area contributed by atoms with Crippen molar-refractivity contribution < 1.29 is 29.2 Å². The molecule has 2 heterocycles. The predicted octanol–water partition coefficient (Wildman–Crippen LogP) is -10.2. The largest absolute Gasteiger partial charge is 0.336 e. The van der Waals surface area contributed by atoms with Crippen LogP contribution in [0.5, 0.6) is 0 Å². The van der Waals surface area contributed by atoms with Crippen LogP contribution in [0.15, 0.2) is 0 Å². The maximum Gasteiger partial charge on any atom is 0.253 e. The lowest BCUT2D eigenvalue weighted by atomic mass is 9.26. The summed E-state index contributed by atoms with van der Waals surface area (Å²) in [7, 11) is 14.6. The van der Waals surface area contributed by atoms with Crippen molar-refractivity contribution in [2.45, 2.75) is 21.8 Å². The van der Waals surface area contributed by atoms with Gasteiger partial charge in [0, 0.05) is 16.5 Å². The zero-order chi connectivity index (χ0) is 24.0. The van der Waals surface area contributed by atoms with Crippen LogP contribution in [0.3, 0.4) is 0 Å². The molecule has 1 saturated heterocycles. The standard InChI is InChI=1S/C13H21B9FN3O5/c14-3-1-2(6(26(30)31)4(15)5(3)23)13(20,21)24(8(1)27)7-9(28)25(22)10(29)12(18,19)11(7,16)17/h7,30-31H,14-22H2. The van der Waals surface area contributed by atoms with Gasteiger partial charge >= 0.3 is 0 Å². The number of carbonyl (C=O) groups is 3. The Kier molecular flexibility index (Phi) is 5.19. The van der Waals surface area contributed by atoms with Crippen LogP contribution in [0.25, 0.3) is 0 Å². The van der Waals surface area contributed by atoms with E-state index in [1.165, 1.54) is 28.6 Å². The Hall–Kier alpha value is -1.94. The highest BCUT2D eigenvalue weighted by Gasteiger charge is 2.62. The van der Waals surface area contributed by atoms with Crippen LogP contribution in [0.4, 0.5) is 10.1 Å². The molecule has 1 unspecified atom stereocenters. The first-order valence-electron chi connectivity index (χ1n) is 10.1. The summed E-state index contributed by atoms with van der Waals surface area (Å²) in [6, 6.07) is -1.04. The molecular formula is C13H21B9FN3O5. The van der Waals surface area contributed by atoms with E-state index in [9.17, 15) is 29.2 Å². The smallest absolute Gasteiger partial charge is 0.253 e. The minimum absolute atomic E-state index is 0.00263. The highest BCUT2D eigenvalue weighted by atomic mass is 19.1. The van der Waals surface area contributed by atoms with E-state index >= 15 is 0 Å². The van der Waals surface area contributed by atoms with Crippen molar-refractivity contribution >= 4 is 105 Å². The first kappa shape index (κ1) is 23.7. The number of benzene rings is 1. The fraction of sp³-hybridized carbons (Fsp3) is 0.308. The zero-order valence-corrected chi connectivity index (χ0v) is 19.4. The quantitative estimate of drug-likeness (QED) is 0.283. The monoisotopic (exact) mass is 417 g/mol. The highest BCUT2D eigenvalue weighted by Crippen LogP contribution is 2.54. The van der Waals surface area contributed by atoms with Crippen LogP contribution in [0, 0.1) is 5.82 Å². The van der Waals surface area contributed by atoms with Gasteiger partial charge in [-0.15, -0.1) is 5.23 Å². The van der Waals surface area contributed by atoms with Crippen LogP contribution in [-0.4, -0.2) is 115 Å². The van der Waals surface area contributed by atoms with E-state index in [1.54, 1.807) is 47.1 Å². The van der Waals surface area contributed by atoms with Crippen molar-refractivity contribution in [2.75, 3.05) is 5.23 Å². The highest BCUT2D eigenvalue weighted by molar-refractivity contribution is 6.65. The van der Waals surface area contributed by atoms with Gasteiger partial charge in [0.15, 0.2) is 0 Å². The van der Waals surface area contributed by atoms with Crippen LogP contribution in [-0.2, 0) is 14.9 Å². The van der Waals surface area contributed by atoms with Crippen molar-refractivity contribution in [2.24, 2.45) is 0 Å². The van der Waals surface area contributed by atoms with Gasteiger partial charge in [-0.3, -0.25) is 24.8 Å². The normalized spacial score (nSPS) is 23.7. The van der Waals surface area contributed by atoms with Crippen molar-refractivity contribution in [1.29, 1.82) is 0 Å². The number of anilines is 1. The number of imide groups is 1. The molecule has 2 aliphatic heterocycles. The Bertz CT molecular complexity index is 1050. The SMILES string of the molecule is Bc1c(F)c(B)c(N(O)O)c2c1C(=O)N(C1C(=O)N(B)C(=O)C(B)(B)C1(B)B)C2(B)B. The second-order valence-electron chi connectivity index (χ2n) is 10.1. The van der Waals surface area contributed by atoms with E-state index < -0.39 is 39.4 Å². The Balaban J connectivity index is 2.35. The van der Waals surface area contributed by atoms with Gasteiger partial charge in [-0.25, -0.2) is 4.39 Å². The molecule has 0 aliphatic carbocycles. The van der Waals surface area contributed by atoms with Crippen LogP contribution >= 0.6 is 0 Å². The summed E-state index contributed by atoms with van der Waals surface area (Å²) in [5.74, 6) is -2.21. The first-order valence-corrected chi connectivity index (χ1v) is 10.1. The number of carbonyl (C=O) groups excluding carboxylic acids is 3. The molecule has 31 heavy (non-hydrogen) atoms. The number of hydrogen-bond acceptors (Lipinski definition) is 6. The van der Waals surface area contributed by atoms with Crippen molar-refractivity contribution in [3.05, 3.63) is 16.9 Å². The summed E-state index contributed by atoms with van der Waals surface area (Å²) >= 11 is 0. The molecule has 0 saturated carbocycles. The third-order valence-corrected chi connectivity index (χ3v) is 7.68. The second kappa shape index (κ2) is 6.78. The molecule has 152 valence electrons. The summed E-state index contributed by atoms with van der Waals surface area (Å²) < 4.78 is 14.9. The lowest BCUT2D eigenvalue weighted by Gasteiger charge is -2.57. The van der Waals surface area contributed by atoms with Gasteiger partial charge in [0.25, 0.3) is 5.91 Å². The molecule has 1 fully saturated rings. The van der Waals surface area contributed by atoms with Crippen molar-refractivity contribution in [3.63, 3.8) is 0 Å². The lowest BCUT2D eigenvalue weighted by Crippen LogP contribution is -2.70. The minimum Gasteiger partial charge on any atom is -0.336 e. The van der Waals surface area contributed by atoms with E-state index in [4.69, 9.17) is 0 Å².